The van der Waals surface area contributed by atoms with Crippen molar-refractivity contribution in [2.45, 2.75) is 6.54 Å². The highest BCUT2D eigenvalue weighted by molar-refractivity contribution is 5.82. The number of rotatable bonds is 3. The molecular weight excluding hydrogens is 259 g/mol. The summed E-state index contributed by atoms with van der Waals surface area (Å²) in [6.45, 7) is 0.345. The Hall–Kier alpha value is -2.69. The fourth-order valence-corrected chi connectivity index (χ4v) is 2.23. The fourth-order valence-electron chi connectivity index (χ4n) is 2.23. The number of fused-ring (bicyclic) bond motifs is 1. The number of non-ortho nitro benzene ring substituents is 1. The van der Waals surface area contributed by atoms with Gasteiger partial charge >= 0.3 is 0 Å². The van der Waals surface area contributed by atoms with Crippen LogP contribution in [0.2, 0.25) is 0 Å². The first kappa shape index (κ1) is 12.3. The summed E-state index contributed by atoms with van der Waals surface area (Å²) < 4.78 is 15.5. The highest BCUT2D eigenvalue weighted by atomic mass is 19.1. The van der Waals surface area contributed by atoms with E-state index in [1.54, 1.807) is 35.0 Å². The van der Waals surface area contributed by atoms with Crippen molar-refractivity contribution < 1.29 is 9.31 Å². The summed E-state index contributed by atoms with van der Waals surface area (Å²) in [6, 6.07) is 13.1. The van der Waals surface area contributed by atoms with Crippen molar-refractivity contribution in [3.8, 4) is 0 Å². The van der Waals surface area contributed by atoms with E-state index in [0.717, 1.165) is 10.9 Å². The fraction of sp³-hybridized carbons (Fsp3) is 0.0667. The van der Waals surface area contributed by atoms with Crippen LogP contribution in [0.3, 0.4) is 0 Å². The van der Waals surface area contributed by atoms with Crippen molar-refractivity contribution in [1.82, 2.24) is 4.57 Å². The third kappa shape index (κ3) is 2.14. The molecule has 2 aromatic carbocycles. The van der Waals surface area contributed by atoms with Gasteiger partial charge in [0.15, 0.2) is 0 Å². The maximum atomic E-state index is 13.7. The van der Waals surface area contributed by atoms with E-state index in [1.807, 2.05) is 6.07 Å². The van der Waals surface area contributed by atoms with Crippen molar-refractivity contribution >= 4 is 16.6 Å². The molecule has 0 aliphatic rings. The van der Waals surface area contributed by atoms with Crippen LogP contribution >= 0.6 is 0 Å². The number of nitro groups is 1. The molecule has 0 bridgehead atoms. The predicted octanol–water partition coefficient (Wildman–Crippen LogP) is 3.74. The molecule has 0 fully saturated rings. The third-order valence-electron chi connectivity index (χ3n) is 3.27. The van der Waals surface area contributed by atoms with Crippen LogP contribution in [0.15, 0.2) is 54.7 Å². The lowest BCUT2D eigenvalue weighted by molar-refractivity contribution is -0.384. The first-order chi connectivity index (χ1) is 9.65. The minimum Gasteiger partial charge on any atom is -0.343 e. The standard InChI is InChI=1S/C15H11FN2O2/c16-14-4-2-1-3-12(14)10-17-8-7-11-5-6-13(18(19)20)9-15(11)17/h1-9H,10H2. The molecule has 1 aromatic heterocycles. The molecule has 0 saturated heterocycles. The Kier molecular flexibility index (Phi) is 2.95. The molecule has 0 amide bonds. The number of nitro benzene ring substituents is 1. The van der Waals surface area contributed by atoms with Crippen molar-refractivity contribution in [3.05, 3.63) is 76.2 Å². The highest BCUT2D eigenvalue weighted by Gasteiger charge is 2.10. The summed E-state index contributed by atoms with van der Waals surface area (Å²) in [7, 11) is 0. The third-order valence-corrected chi connectivity index (χ3v) is 3.27. The molecule has 0 saturated carbocycles. The lowest BCUT2D eigenvalue weighted by Crippen LogP contribution is -2.00. The van der Waals surface area contributed by atoms with Gasteiger partial charge in [0.25, 0.3) is 5.69 Å². The van der Waals surface area contributed by atoms with Crippen LogP contribution in [0.4, 0.5) is 10.1 Å². The van der Waals surface area contributed by atoms with Crippen molar-refractivity contribution in [2.75, 3.05) is 0 Å². The van der Waals surface area contributed by atoms with E-state index in [9.17, 15) is 14.5 Å². The minimum atomic E-state index is -0.431. The van der Waals surface area contributed by atoms with E-state index >= 15 is 0 Å². The molecule has 0 spiro atoms. The molecule has 0 radical (unpaired) electrons. The number of nitrogens with zero attached hydrogens (tertiary/aromatic N) is 2. The molecule has 5 heteroatoms. The van der Waals surface area contributed by atoms with Gasteiger partial charge in [0.2, 0.25) is 0 Å². The summed E-state index contributed by atoms with van der Waals surface area (Å²) in [6.07, 6.45) is 1.81. The van der Waals surface area contributed by atoms with Gasteiger partial charge in [0.05, 0.1) is 17.0 Å². The van der Waals surface area contributed by atoms with E-state index in [2.05, 4.69) is 0 Å². The SMILES string of the molecule is O=[N+]([O-])c1ccc2ccn(Cc3ccccc3F)c2c1. The van der Waals surface area contributed by atoms with E-state index in [1.165, 1.54) is 18.2 Å². The first-order valence-electron chi connectivity index (χ1n) is 6.12. The second kappa shape index (κ2) is 4.77. The quantitative estimate of drug-likeness (QED) is 0.537. The van der Waals surface area contributed by atoms with Crippen LogP contribution in [-0.4, -0.2) is 9.49 Å². The van der Waals surface area contributed by atoms with Gasteiger partial charge in [-0.25, -0.2) is 4.39 Å². The molecule has 0 unspecified atom stereocenters. The zero-order chi connectivity index (χ0) is 14.1. The molecule has 1 heterocycles. The number of hydrogen-bond donors (Lipinski definition) is 0. The molecule has 3 aromatic rings. The van der Waals surface area contributed by atoms with E-state index < -0.39 is 4.92 Å². The Morgan fingerprint density at radius 1 is 1.15 bits per heavy atom. The summed E-state index contributed by atoms with van der Waals surface area (Å²) in [5.74, 6) is -0.278. The molecule has 0 N–H and O–H groups in total. The van der Waals surface area contributed by atoms with E-state index in [4.69, 9.17) is 0 Å². The zero-order valence-corrected chi connectivity index (χ0v) is 10.5. The van der Waals surface area contributed by atoms with Crippen molar-refractivity contribution in [1.29, 1.82) is 0 Å². The summed E-state index contributed by atoms with van der Waals surface area (Å²) >= 11 is 0. The van der Waals surface area contributed by atoms with Gasteiger partial charge in [-0.1, -0.05) is 18.2 Å². The van der Waals surface area contributed by atoms with E-state index in [-0.39, 0.29) is 11.5 Å². The Morgan fingerprint density at radius 2 is 1.95 bits per heavy atom. The van der Waals surface area contributed by atoms with Crippen LogP contribution in [0.5, 0.6) is 0 Å². The van der Waals surface area contributed by atoms with Crippen LogP contribution in [0.25, 0.3) is 10.9 Å². The van der Waals surface area contributed by atoms with Crippen molar-refractivity contribution in [2.24, 2.45) is 0 Å². The number of benzene rings is 2. The van der Waals surface area contributed by atoms with Gasteiger partial charge in [-0.05, 0) is 18.2 Å². The summed E-state index contributed by atoms with van der Waals surface area (Å²) in [5.41, 5.74) is 1.31. The van der Waals surface area contributed by atoms with E-state index in [0.29, 0.717) is 12.1 Å². The van der Waals surface area contributed by atoms with Crippen LogP contribution < -0.4 is 0 Å². The summed E-state index contributed by atoms with van der Waals surface area (Å²) in [4.78, 5) is 10.4. The van der Waals surface area contributed by atoms with Gasteiger partial charge in [0, 0.05) is 29.3 Å². The Balaban J connectivity index is 2.06. The highest BCUT2D eigenvalue weighted by Crippen LogP contribution is 2.23. The van der Waals surface area contributed by atoms with Crippen LogP contribution in [0, 0.1) is 15.9 Å². The Labute approximate surface area is 114 Å². The number of aromatic nitrogens is 1. The van der Waals surface area contributed by atoms with Crippen molar-refractivity contribution in [3.63, 3.8) is 0 Å². The largest absolute Gasteiger partial charge is 0.343 e. The molecule has 0 aliphatic carbocycles. The molecule has 0 atom stereocenters. The normalized spacial score (nSPS) is 10.8. The summed E-state index contributed by atoms with van der Waals surface area (Å²) in [5, 5.41) is 11.7. The van der Waals surface area contributed by atoms with Gasteiger partial charge in [-0.3, -0.25) is 10.1 Å². The maximum Gasteiger partial charge on any atom is 0.271 e. The second-order valence-electron chi connectivity index (χ2n) is 4.54. The number of hydrogen-bond acceptors (Lipinski definition) is 2. The Bertz CT molecular complexity index is 795. The molecular formula is C15H11FN2O2. The van der Waals surface area contributed by atoms with Gasteiger partial charge in [0.1, 0.15) is 5.82 Å². The van der Waals surface area contributed by atoms with Gasteiger partial charge in [-0.15, -0.1) is 0 Å². The molecule has 20 heavy (non-hydrogen) atoms. The Morgan fingerprint density at radius 3 is 2.70 bits per heavy atom. The maximum absolute atomic E-state index is 13.7. The average Bonchev–Trinajstić information content (AvgIpc) is 2.84. The molecule has 4 nitrogen and oxygen atoms in total. The van der Waals surface area contributed by atoms with Gasteiger partial charge < -0.3 is 4.57 Å². The topological polar surface area (TPSA) is 48.1 Å². The predicted molar refractivity (Wildman–Crippen MR) is 74.1 cm³/mol. The lowest BCUT2D eigenvalue weighted by Gasteiger charge is -2.06. The van der Waals surface area contributed by atoms with Gasteiger partial charge in [-0.2, -0.15) is 0 Å². The molecule has 0 aliphatic heterocycles. The second-order valence-corrected chi connectivity index (χ2v) is 4.54. The molecule has 3 rings (SSSR count). The zero-order valence-electron chi connectivity index (χ0n) is 10.5. The smallest absolute Gasteiger partial charge is 0.271 e. The van der Waals surface area contributed by atoms with Crippen LogP contribution in [0.1, 0.15) is 5.56 Å². The monoisotopic (exact) mass is 270 g/mol. The number of halogens is 1. The average molecular weight is 270 g/mol. The first-order valence-corrected chi connectivity index (χ1v) is 6.12. The molecule has 100 valence electrons. The van der Waals surface area contributed by atoms with Crippen LogP contribution in [-0.2, 0) is 6.54 Å². The lowest BCUT2D eigenvalue weighted by atomic mass is 10.2. The minimum absolute atomic E-state index is 0.0333.